The van der Waals surface area contributed by atoms with Gasteiger partial charge in [-0.25, -0.2) is 0 Å². The maximum Gasteiger partial charge on any atom is 0.152 e. The third kappa shape index (κ3) is 1.64. The van der Waals surface area contributed by atoms with Crippen molar-refractivity contribution in [3.63, 3.8) is 0 Å². The van der Waals surface area contributed by atoms with Crippen LogP contribution in [0.1, 0.15) is 19.5 Å². The second-order valence-electron chi connectivity index (χ2n) is 2.28. The molecule has 0 bridgehead atoms. The molecule has 0 aliphatic carbocycles. The molecule has 0 saturated heterocycles. The molecule has 2 heteroatoms. The van der Waals surface area contributed by atoms with Gasteiger partial charge in [0.2, 0.25) is 0 Å². The van der Waals surface area contributed by atoms with E-state index in [1.807, 2.05) is 32.9 Å². The second kappa shape index (κ2) is 3.90. The molecule has 2 nitrogen and oxygen atoms in total. The van der Waals surface area contributed by atoms with Crippen LogP contribution in [-0.2, 0) is 0 Å². The van der Waals surface area contributed by atoms with Crippen molar-refractivity contribution >= 4 is 11.0 Å². The molecule has 0 unspecified atom stereocenters. The van der Waals surface area contributed by atoms with Crippen molar-refractivity contribution in [1.29, 1.82) is 0 Å². The molecule has 0 aliphatic rings. The summed E-state index contributed by atoms with van der Waals surface area (Å²) >= 11 is 0. The number of hydrogen-bond acceptors (Lipinski definition) is 2. The van der Waals surface area contributed by atoms with Gasteiger partial charge in [0, 0.05) is 11.1 Å². The van der Waals surface area contributed by atoms with Gasteiger partial charge < -0.3 is 4.42 Å². The average Bonchev–Trinajstić information content (AvgIpc) is 2.54. The van der Waals surface area contributed by atoms with E-state index in [2.05, 4.69) is 4.98 Å². The normalized spacial score (nSPS) is 9.25. The number of furan rings is 1. The van der Waals surface area contributed by atoms with Crippen molar-refractivity contribution < 1.29 is 4.42 Å². The minimum absolute atomic E-state index is 0.852. The van der Waals surface area contributed by atoms with Gasteiger partial charge in [0.1, 0.15) is 0 Å². The summed E-state index contributed by atoms with van der Waals surface area (Å²) in [4.78, 5) is 4.09. The molecule has 2 heterocycles. The summed E-state index contributed by atoms with van der Waals surface area (Å²) in [6, 6.07) is 3.93. The number of hydrogen-bond donors (Lipinski definition) is 0. The molecule has 0 aliphatic heterocycles. The van der Waals surface area contributed by atoms with Crippen LogP contribution in [0, 0.1) is 6.92 Å². The predicted molar refractivity (Wildman–Crippen MR) is 50.1 cm³/mol. The van der Waals surface area contributed by atoms with E-state index in [0.29, 0.717) is 0 Å². The van der Waals surface area contributed by atoms with Crippen molar-refractivity contribution in [2.24, 2.45) is 0 Å². The van der Waals surface area contributed by atoms with Gasteiger partial charge in [-0.15, -0.1) is 0 Å². The Balaban J connectivity index is 0.000000336. The maximum atomic E-state index is 5.11. The molecular weight excluding hydrogens is 150 g/mol. The van der Waals surface area contributed by atoms with E-state index in [9.17, 15) is 0 Å². The molecule has 0 fully saturated rings. The number of pyridine rings is 1. The summed E-state index contributed by atoms with van der Waals surface area (Å²) in [7, 11) is 0. The van der Waals surface area contributed by atoms with Crippen molar-refractivity contribution in [3.8, 4) is 0 Å². The largest absolute Gasteiger partial charge is 0.463 e. The zero-order chi connectivity index (χ0) is 8.97. The first-order valence-electron chi connectivity index (χ1n) is 4.16. The van der Waals surface area contributed by atoms with E-state index in [1.54, 1.807) is 12.5 Å². The van der Waals surface area contributed by atoms with E-state index in [0.717, 1.165) is 16.7 Å². The Morgan fingerprint density at radius 1 is 1.33 bits per heavy atom. The van der Waals surface area contributed by atoms with Crippen molar-refractivity contribution in [2.45, 2.75) is 20.8 Å². The summed E-state index contributed by atoms with van der Waals surface area (Å²) in [5.41, 5.74) is 1.87. The van der Waals surface area contributed by atoms with Gasteiger partial charge in [-0.1, -0.05) is 13.8 Å². The highest BCUT2D eigenvalue weighted by Crippen LogP contribution is 2.13. The summed E-state index contributed by atoms with van der Waals surface area (Å²) in [5, 5.41) is 1.12. The Hall–Kier alpha value is -1.31. The van der Waals surface area contributed by atoms with Gasteiger partial charge >= 0.3 is 0 Å². The van der Waals surface area contributed by atoms with E-state index in [4.69, 9.17) is 4.42 Å². The molecule has 0 radical (unpaired) electrons. The lowest BCUT2D eigenvalue weighted by Crippen LogP contribution is -1.76. The molecule has 2 aromatic heterocycles. The Morgan fingerprint density at radius 3 is 2.83 bits per heavy atom. The van der Waals surface area contributed by atoms with E-state index >= 15 is 0 Å². The fraction of sp³-hybridized carbons (Fsp3) is 0.300. The molecule has 0 spiro atoms. The van der Waals surface area contributed by atoms with Crippen LogP contribution in [0.4, 0.5) is 0 Å². The van der Waals surface area contributed by atoms with Crippen LogP contribution in [0.3, 0.4) is 0 Å². The average molecular weight is 163 g/mol. The molecule has 12 heavy (non-hydrogen) atoms. The summed E-state index contributed by atoms with van der Waals surface area (Å²) in [6.07, 6.45) is 3.41. The zero-order valence-electron chi connectivity index (χ0n) is 7.66. The molecular formula is C10H13NO. The first kappa shape index (κ1) is 8.78. The lowest BCUT2D eigenvalue weighted by atomic mass is 10.3. The highest BCUT2D eigenvalue weighted by atomic mass is 16.3. The van der Waals surface area contributed by atoms with Crippen molar-refractivity contribution in [3.05, 3.63) is 30.3 Å². The quantitative estimate of drug-likeness (QED) is 0.596. The summed E-state index contributed by atoms with van der Waals surface area (Å²) < 4.78 is 5.11. The first-order chi connectivity index (χ1) is 5.86. The van der Waals surface area contributed by atoms with Crippen LogP contribution >= 0.6 is 0 Å². The Bertz CT molecular complexity index is 351. The zero-order valence-corrected chi connectivity index (χ0v) is 7.66. The summed E-state index contributed by atoms with van der Waals surface area (Å²) in [6.45, 7) is 5.96. The molecule has 0 atom stereocenters. The first-order valence-corrected chi connectivity index (χ1v) is 4.16. The predicted octanol–water partition coefficient (Wildman–Crippen LogP) is 3.16. The Labute approximate surface area is 72.2 Å². The highest BCUT2D eigenvalue weighted by Gasteiger charge is 1.94. The number of fused-ring (bicyclic) bond motifs is 1. The third-order valence-electron chi connectivity index (χ3n) is 1.48. The summed E-state index contributed by atoms with van der Waals surface area (Å²) in [5.74, 6) is 0. The van der Waals surface area contributed by atoms with Crippen LogP contribution in [0.5, 0.6) is 0 Å². The topological polar surface area (TPSA) is 26.0 Å². The second-order valence-corrected chi connectivity index (χ2v) is 2.28. The standard InChI is InChI=1S/C8H7NO.C2H6/c1-6-4-7-2-3-10-8(7)5-9-6;1-2/h2-5H,1H3;1-2H3. The number of aromatic nitrogens is 1. The van der Waals surface area contributed by atoms with Crippen molar-refractivity contribution in [2.75, 3.05) is 0 Å². The fourth-order valence-corrected chi connectivity index (χ4v) is 0.978. The minimum Gasteiger partial charge on any atom is -0.463 e. The van der Waals surface area contributed by atoms with Gasteiger partial charge in [0.15, 0.2) is 5.58 Å². The van der Waals surface area contributed by atoms with Gasteiger partial charge in [-0.05, 0) is 19.1 Å². The van der Waals surface area contributed by atoms with Crippen LogP contribution in [0.2, 0.25) is 0 Å². The molecule has 2 aromatic rings. The molecule has 0 saturated carbocycles. The molecule has 0 aromatic carbocycles. The Morgan fingerprint density at radius 2 is 2.08 bits per heavy atom. The monoisotopic (exact) mass is 163 g/mol. The van der Waals surface area contributed by atoms with Gasteiger partial charge in [0.05, 0.1) is 12.5 Å². The van der Waals surface area contributed by atoms with E-state index in [1.165, 1.54) is 0 Å². The van der Waals surface area contributed by atoms with Gasteiger partial charge in [-0.2, -0.15) is 0 Å². The van der Waals surface area contributed by atoms with Gasteiger partial charge in [-0.3, -0.25) is 4.98 Å². The molecule has 0 amide bonds. The maximum absolute atomic E-state index is 5.11. The minimum atomic E-state index is 0.852. The third-order valence-corrected chi connectivity index (χ3v) is 1.48. The van der Waals surface area contributed by atoms with Crippen LogP contribution in [-0.4, -0.2) is 4.98 Å². The lowest BCUT2D eigenvalue weighted by molar-refractivity contribution is 0.614. The van der Waals surface area contributed by atoms with Crippen molar-refractivity contribution in [1.82, 2.24) is 4.98 Å². The Kier molecular flexibility index (Phi) is 2.86. The van der Waals surface area contributed by atoms with Crippen LogP contribution < -0.4 is 0 Å². The molecule has 64 valence electrons. The molecule has 2 rings (SSSR count). The SMILES string of the molecule is CC.Cc1cc2ccoc2cn1. The number of nitrogens with zero attached hydrogens (tertiary/aromatic N) is 1. The highest BCUT2D eigenvalue weighted by molar-refractivity contribution is 5.76. The van der Waals surface area contributed by atoms with Crippen LogP contribution in [0.15, 0.2) is 29.0 Å². The smallest absolute Gasteiger partial charge is 0.152 e. The fourth-order valence-electron chi connectivity index (χ4n) is 0.978. The molecule has 0 N–H and O–H groups in total. The van der Waals surface area contributed by atoms with E-state index in [-0.39, 0.29) is 0 Å². The number of aryl methyl sites for hydroxylation is 1. The van der Waals surface area contributed by atoms with Crippen LogP contribution in [0.25, 0.3) is 11.0 Å². The van der Waals surface area contributed by atoms with E-state index < -0.39 is 0 Å². The lowest BCUT2D eigenvalue weighted by Gasteiger charge is -1.88. The number of rotatable bonds is 0. The van der Waals surface area contributed by atoms with Gasteiger partial charge in [0.25, 0.3) is 0 Å².